The van der Waals surface area contributed by atoms with Gasteiger partial charge in [0.25, 0.3) is 0 Å². The van der Waals surface area contributed by atoms with E-state index in [9.17, 15) is 4.39 Å². The Labute approximate surface area is 86.8 Å². The van der Waals surface area contributed by atoms with Crippen molar-refractivity contribution in [2.75, 3.05) is 0 Å². The maximum atomic E-state index is 13.3. The molecule has 4 heteroatoms. The van der Waals surface area contributed by atoms with Gasteiger partial charge in [-0.05, 0) is 6.07 Å². The Morgan fingerprint density at radius 3 is 2.80 bits per heavy atom. The van der Waals surface area contributed by atoms with Crippen LogP contribution in [0.3, 0.4) is 0 Å². The molecule has 0 bridgehead atoms. The summed E-state index contributed by atoms with van der Waals surface area (Å²) < 4.78 is 15.0. The van der Waals surface area contributed by atoms with E-state index in [2.05, 4.69) is 4.98 Å². The Kier molecular flexibility index (Phi) is 2.78. The molecule has 0 atom stereocenters. The van der Waals surface area contributed by atoms with Crippen molar-refractivity contribution in [1.82, 2.24) is 9.55 Å². The standard InChI is InChI=1S/C11H11FN2O/c12-11-4-2-1-3-9(11)5-14-6-10(7-15)13-8-14/h1-4,6,8,15H,5,7H2. The van der Waals surface area contributed by atoms with Crippen LogP contribution in [0.5, 0.6) is 0 Å². The molecule has 0 amide bonds. The van der Waals surface area contributed by atoms with Crippen LogP contribution in [0.2, 0.25) is 0 Å². The summed E-state index contributed by atoms with van der Waals surface area (Å²) in [5.41, 5.74) is 1.20. The Bertz CT molecular complexity index is 453. The van der Waals surface area contributed by atoms with E-state index >= 15 is 0 Å². The smallest absolute Gasteiger partial charge is 0.128 e. The average Bonchev–Trinajstić information content (AvgIpc) is 2.69. The largest absolute Gasteiger partial charge is 0.390 e. The molecule has 78 valence electrons. The lowest BCUT2D eigenvalue weighted by Gasteiger charge is -2.02. The number of benzene rings is 1. The monoisotopic (exact) mass is 206 g/mol. The zero-order valence-electron chi connectivity index (χ0n) is 8.10. The normalized spacial score (nSPS) is 10.5. The third kappa shape index (κ3) is 2.22. The molecule has 0 aliphatic rings. The fourth-order valence-electron chi connectivity index (χ4n) is 1.40. The molecule has 1 aromatic heterocycles. The highest BCUT2D eigenvalue weighted by molar-refractivity contribution is 5.17. The number of nitrogens with zero attached hydrogens (tertiary/aromatic N) is 2. The fourth-order valence-corrected chi connectivity index (χ4v) is 1.40. The number of imidazole rings is 1. The molecule has 1 aromatic carbocycles. The second-order valence-corrected chi connectivity index (χ2v) is 3.29. The summed E-state index contributed by atoms with van der Waals surface area (Å²) in [4.78, 5) is 3.95. The zero-order chi connectivity index (χ0) is 10.7. The molecule has 0 aliphatic heterocycles. The van der Waals surface area contributed by atoms with Crippen LogP contribution in [0, 0.1) is 5.82 Å². The van der Waals surface area contributed by atoms with Crippen LogP contribution in [0.4, 0.5) is 4.39 Å². The maximum absolute atomic E-state index is 13.3. The second-order valence-electron chi connectivity index (χ2n) is 3.29. The quantitative estimate of drug-likeness (QED) is 0.827. The maximum Gasteiger partial charge on any atom is 0.128 e. The van der Waals surface area contributed by atoms with Crippen molar-refractivity contribution in [1.29, 1.82) is 0 Å². The molecule has 0 radical (unpaired) electrons. The molecule has 1 heterocycles. The van der Waals surface area contributed by atoms with E-state index in [1.54, 1.807) is 35.3 Å². The van der Waals surface area contributed by atoms with Crippen molar-refractivity contribution in [3.63, 3.8) is 0 Å². The van der Waals surface area contributed by atoms with Crippen molar-refractivity contribution in [2.45, 2.75) is 13.2 Å². The van der Waals surface area contributed by atoms with Crippen LogP contribution in [0.25, 0.3) is 0 Å². The van der Waals surface area contributed by atoms with Crippen molar-refractivity contribution in [3.05, 3.63) is 53.9 Å². The lowest BCUT2D eigenvalue weighted by atomic mass is 10.2. The van der Waals surface area contributed by atoms with Gasteiger partial charge in [-0.2, -0.15) is 0 Å². The molecule has 0 unspecified atom stereocenters. The number of hydrogen-bond acceptors (Lipinski definition) is 2. The predicted molar refractivity (Wildman–Crippen MR) is 53.7 cm³/mol. The Morgan fingerprint density at radius 1 is 1.33 bits per heavy atom. The molecular formula is C11H11FN2O. The molecule has 0 saturated carbocycles. The summed E-state index contributed by atoms with van der Waals surface area (Å²) in [6.45, 7) is 0.337. The average molecular weight is 206 g/mol. The zero-order valence-corrected chi connectivity index (χ0v) is 8.10. The molecule has 0 saturated heterocycles. The van der Waals surface area contributed by atoms with E-state index in [0.29, 0.717) is 17.8 Å². The van der Waals surface area contributed by atoms with Gasteiger partial charge in [-0.15, -0.1) is 0 Å². The predicted octanol–water partition coefficient (Wildman–Crippen LogP) is 1.56. The molecule has 0 aliphatic carbocycles. The van der Waals surface area contributed by atoms with E-state index in [1.165, 1.54) is 6.07 Å². The SMILES string of the molecule is OCc1cn(Cc2ccccc2F)cn1. The third-order valence-electron chi connectivity index (χ3n) is 2.16. The molecule has 2 rings (SSSR count). The summed E-state index contributed by atoms with van der Waals surface area (Å²) in [6.07, 6.45) is 3.28. The highest BCUT2D eigenvalue weighted by Crippen LogP contribution is 2.08. The van der Waals surface area contributed by atoms with E-state index in [4.69, 9.17) is 5.11 Å². The second kappa shape index (κ2) is 4.23. The fraction of sp³-hybridized carbons (Fsp3) is 0.182. The van der Waals surface area contributed by atoms with Crippen molar-refractivity contribution in [2.24, 2.45) is 0 Å². The van der Waals surface area contributed by atoms with Gasteiger partial charge < -0.3 is 9.67 Å². The first-order valence-corrected chi connectivity index (χ1v) is 4.64. The van der Waals surface area contributed by atoms with Crippen LogP contribution in [0.1, 0.15) is 11.3 Å². The molecule has 0 fully saturated rings. The number of aliphatic hydroxyl groups excluding tert-OH is 1. The molecule has 15 heavy (non-hydrogen) atoms. The van der Waals surface area contributed by atoms with Crippen LogP contribution < -0.4 is 0 Å². The number of hydrogen-bond donors (Lipinski definition) is 1. The van der Waals surface area contributed by atoms with Crippen LogP contribution in [-0.4, -0.2) is 14.7 Å². The van der Waals surface area contributed by atoms with E-state index in [-0.39, 0.29) is 12.4 Å². The summed E-state index contributed by atoms with van der Waals surface area (Å²) in [5, 5.41) is 8.82. The van der Waals surface area contributed by atoms with Gasteiger partial charge in [0.1, 0.15) is 5.82 Å². The number of rotatable bonds is 3. The minimum Gasteiger partial charge on any atom is -0.390 e. The Hall–Kier alpha value is -1.68. The van der Waals surface area contributed by atoms with Crippen LogP contribution >= 0.6 is 0 Å². The molecule has 1 N–H and O–H groups in total. The van der Waals surface area contributed by atoms with Crippen molar-refractivity contribution < 1.29 is 9.50 Å². The number of aromatic nitrogens is 2. The minimum absolute atomic E-state index is 0.0930. The summed E-state index contributed by atoms with van der Waals surface area (Å²) in [6, 6.07) is 6.61. The molecular weight excluding hydrogens is 195 g/mol. The van der Waals surface area contributed by atoms with Gasteiger partial charge in [0.05, 0.1) is 25.2 Å². The van der Waals surface area contributed by atoms with Gasteiger partial charge >= 0.3 is 0 Å². The lowest BCUT2D eigenvalue weighted by Crippen LogP contribution is -1.98. The van der Waals surface area contributed by atoms with Gasteiger partial charge in [-0.25, -0.2) is 9.37 Å². The first-order chi connectivity index (χ1) is 7.29. The van der Waals surface area contributed by atoms with E-state index in [0.717, 1.165) is 0 Å². The highest BCUT2D eigenvalue weighted by atomic mass is 19.1. The lowest BCUT2D eigenvalue weighted by molar-refractivity contribution is 0.277. The topological polar surface area (TPSA) is 38.0 Å². The third-order valence-corrected chi connectivity index (χ3v) is 2.16. The van der Waals surface area contributed by atoms with Crippen molar-refractivity contribution in [3.8, 4) is 0 Å². The van der Waals surface area contributed by atoms with Crippen LogP contribution in [-0.2, 0) is 13.2 Å². The van der Waals surface area contributed by atoms with Gasteiger partial charge in [0.15, 0.2) is 0 Å². The van der Waals surface area contributed by atoms with Gasteiger partial charge in [0, 0.05) is 11.8 Å². The van der Waals surface area contributed by atoms with Gasteiger partial charge in [-0.1, -0.05) is 18.2 Å². The van der Waals surface area contributed by atoms with E-state index < -0.39 is 0 Å². The first kappa shape index (κ1) is 9.86. The number of halogens is 1. The van der Waals surface area contributed by atoms with Crippen LogP contribution in [0.15, 0.2) is 36.8 Å². The summed E-state index contributed by atoms with van der Waals surface area (Å²) in [7, 11) is 0. The Morgan fingerprint density at radius 2 is 2.13 bits per heavy atom. The minimum atomic E-state index is -0.225. The molecule has 3 nitrogen and oxygen atoms in total. The highest BCUT2D eigenvalue weighted by Gasteiger charge is 2.02. The number of aliphatic hydroxyl groups is 1. The van der Waals surface area contributed by atoms with Crippen molar-refractivity contribution >= 4 is 0 Å². The van der Waals surface area contributed by atoms with Gasteiger partial charge in [-0.3, -0.25) is 0 Å². The van der Waals surface area contributed by atoms with Gasteiger partial charge in [0.2, 0.25) is 0 Å². The van der Waals surface area contributed by atoms with E-state index in [1.807, 2.05) is 0 Å². The first-order valence-electron chi connectivity index (χ1n) is 4.64. The summed E-state index contributed by atoms with van der Waals surface area (Å²) in [5.74, 6) is -0.225. The summed E-state index contributed by atoms with van der Waals surface area (Å²) >= 11 is 0. The molecule has 0 spiro atoms. The Balaban J connectivity index is 2.18. The molecule has 2 aromatic rings.